The maximum atomic E-state index is 13.4. The summed E-state index contributed by atoms with van der Waals surface area (Å²) in [7, 11) is 0. The summed E-state index contributed by atoms with van der Waals surface area (Å²) in [5, 5.41) is 19.1. The molecule has 2 fully saturated rings. The van der Waals surface area contributed by atoms with Crippen LogP contribution in [0.15, 0.2) is 48.5 Å². The molecule has 0 bridgehead atoms. The normalized spacial score (nSPS) is 19.7. The quantitative estimate of drug-likeness (QED) is 0.670. The van der Waals surface area contributed by atoms with Gasteiger partial charge in [0.15, 0.2) is 0 Å². The van der Waals surface area contributed by atoms with Crippen LogP contribution >= 0.6 is 0 Å². The number of anilines is 1. The van der Waals surface area contributed by atoms with Gasteiger partial charge in [0.25, 0.3) is 0 Å². The second-order valence-corrected chi connectivity index (χ2v) is 9.32. The summed E-state index contributed by atoms with van der Waals surface area (Å²) in [6, 6.07) is 15.0. The molecule has 0 saturated carbocycles. The van der Waals surface area contributed by atoms with Gasteiger partial charge in [0.2, 0.25) is 5.91 Å². The number of amides is 1. The van der Waals surface area contributed by atoms with E-state index in [0.717, 1.165) is 11.6 Å². The van der Waals surface area contributed by atoms with Crippen molar-refractivity contribution in [3.8, 4) is 6.07 Å². The number of hydrogen-bond acceptors (Lipinski definition) is 5. The first-order valence-electron chi connectivity index (χ1n) is 11.6. The monoisotopic (exact) mass is 487 g/mol. The minimum Gasteiger partial charge on any atom is -0.396 e. The number of carbonyl (C=O) groups is 1. The lowest BCUT2D eigenvalue weighted by Gasteiger charge is -2.43. The van der Waals surface area contributed by atoms with E-state index in [1.54, 1.807) is 17.0 Å². The fraction of sp³-hybridized carbons (Fsp3) is 0.462. The zero-order valence-corrected chi connectivity index (χ0v) is 19.3. The van der Waals surface area contributed by atoms with Crippen LogP contribution in [0.25, 0.3) is 0 Å². The van der Waals surface area contributed by atoms with Crippen LogP contribution in [0.4, 0.5) is 18.9 Å². The summed E-state index contributed by atoms with van der Waals surface area (Å²) in [5.41, 5.74) is -0.198. The lowest BCUT2D eigenvalue weighted by atomic mass is 9.71. The Labute approximate surface area is 202 Å². The van der Waals surface area contributed by atoms with Gasteiger partial charge < -0.3 is 19.6 Å². The average molecular weight is 488 g/mol. The maximum absolute atomic E-state index is 13.4. The third-order valence-corrected chi connectivity index (χ3v) is 7.28. The first-order chi connectivity index (χ1) is 16.8. The Morgan fingerprint density at radius 3 is 2.51 bits per heavy atom. The molecule has 2 saturated heterocycles. The van der Waals surface area contributed by atoms with Crippen LogP contribution in [0.5, 0.6) is 0 Å². The van der Waals surface area contributed by atoms with Gasteiger partial charge in [-0.2, -0.15) is 18.4 Å². The molecule has 1 N–H and O–H groups in total. The number of halogens is 3. The number of rotatable bonds is 6. The van der Waals surface area contributed by atoms with E-state index >= 15 is 0 Å². The summed E-state index contributed by atoms with van der Waals surface area (Å²) in [5.74, 6) is -0.213. The standard InChI is InChI=1S/C26H28F3N3O3/c27-26(28,29)23-12-22(7-6-20(23)13-30)31-10-8-25(9-11-31)18-32(14-21(25)15-33)24(34)17-35-16-19-4-2-1-3-5-19/h1-7,12,21,33H,8-11,14-18H2. The second-order valence-electron chi connectivity index (χ2n) is 9.32. The fourth-order valence-corrected chi connectivity index (χ4v) is 5.23. The largest absolute Gasteiger partial charge is 0.417 e. The number of nitriles is 1. The molecule has 4 rings (SSSR count). The number of likely N-dealkylation sites (tertiary alicyclic amines) is 1. The van der Waals surface area contributed by atoms with Gasteiger partial charge >= 0.3 is 6.18 Å². The summed E-state index contributed by atoms with van der Waals surface area (Å²) >= 11 is 0. The molecular weight excluding hydrogens is 459 g/mol. The lowest BCUT2D eigenvalue weighted by molar-refractivity contribution is -0.138. The molecule has 1 atom stereocenters. The van der Waals surface area contributed by atoms with E-state index in [1.165, 1.54) is 6.07 Å². The molecule has 1 amide bonds. The first kappa shape index (κ1) is 25.0. The average Bonchev–Trinajstić information content (AvgIpc) is 3.22. The molecule has 0 aliphatic carbocycles. The Morgan fingerprint density at radius 2 is 1.89 bits per heavy atom. The van der Waals surface area contributed by atoms with E-state index in [2.05, 4.69) is 0 Å². The van der Waals surface area contributed by atoms with E-state index in [1.807, 2.05) is 35.2 Å². The molecule has 2 aliphatic heterocycles. The molecule has 2 aromatic carbocycles. The lowest BCUT2D eigenvalue weighted by Crippen LogP contribution is -2.45. The van der Waals surface area contributed by atoms with Crippen molar-refractivity contribution in [3.63, 3.8) is 0 Å². The number of carbonyl (C=O) groups excluding carboxylic acids is 1. The Morgan fingerprint density at radius 1 is 1.17 bits per heavy atom. The smallest absolute Gasteiger partial charge is 0.396 e. The van der Waals surface area contributed by atoms with Gasteiger partial charge in [0.1, 0.15) is 6.61 Å². The summed E-state index contributed by atoms with van der Waals surface area (Å²) < 4.78 is 45.7. The molecule has 0 radical (unpaired) electrons. The molecule has 1 spiro atoms. The molecule has 2 heterocycles. The van der Waals surface area contributed by atoms with E-state index in [9.17, 15) is 23.1 Å². The topological polar surface area (TPSA) is 76.8 Å². The van der Waals surface area contributed by atoms with Crippen LogP contribution in [-0.4, -0.2) is 55.3 Å². The molecule has 35 heavy (non-hydrogen) atoms. The van der Waals surface area contributed by atoms with Gasteiger partial charge in [-0.25, -0.2) is 0 Å². The highest BCUT2D eigenvalue weighted by molar-refractivity contribution is 5.78. The van der Waals surface area contributed by atoms with Crippen molar-refractivity contribution in [2.24, 2.45) is 11.3 Å². The van der Waals surface area contributed by atoms with Gasteiger partial charge in [-0.1, -0.05) is 30.3 Å². The number of ether oxygens (including phenoxy) is 1. The van der Waals surface area contributed by atoms with Crippen molar-refractivity contribution in [2.45, 2.75) is 25.6 Å². The van der Waals surface area contributed by atoms with E-state index in [4.69, 9.17) is 10.00 Å². The fourth-order valence-electron chi connectivity index (χ4n) is 5.23. The Bertz CT molecular complexity index is 1080. The SMILES string of the molecule is N#Cc1ccc(N2CCC3(CC2)CN(C(=O)COCc2ccccc2)CC3CO)cc1C(F)(F)F. The highest BCUT2D eigenvalue weighted by Gasteiger charge is 2.49. The number of piperidine rings is 1. The minimum atomic E-state index is -4.60. The molecule has 186 valence electrons. The van der Waals surface area contributed by atoms with Gasteiger partial charge in [-0.15, -0.1) is 0 Å². The van der Waals surface area contributed by atoms with Crippen molar-refractivity contribution in [1.29, 1.82) is 5.26 Å². The highest BCUT2D eigenvalue weighted by atomic mass is 19.4. The zero-order chi connectivity index (χ0) is 25.1. The third-order valence-electron chi connectivity index (χ3n) is 7.28. The first-order valence-corrected chi connectivity index (χ1v) is 11.6. The molecule has 1 unspecified atom stereocenters. The third kappa shape index (κ3) is 5.44. The number of aliphatic hydroxyl groups is 1. The molecule has 6 nitrogen and oxygen atoms in total. The van der Waals surface area contributed by atoms with Crippen LogP contribution in [0.1, 0.15) is 29.5 Å². The number of benzene rings is 2. The van der Waals surface area contributed by atoms with E-state index < -0.39 is 17.3 Å². The second kappa shape index (κ2) is 10.3. The Hall–Kier alpha value is -3.09. The molecular formula is C26H28F3N3O3. The Balaban J connectivity index is 1.38. The highest BCUT2D eigenvalue weighted by Crippen LogP contribution is 2.45. The number of aliphatic hydroxyl groups excluding tert-OH is 1. The van der Waals surface area contributed by atoms with Gasteiger partial charge in [-0.05, 0) is 42.0 Å². The zero-order valence-electron chi connectivity index (χ0n) is 19.3. The van der Waals surface area contributed by atoms with E-state index in [-0.39, 0.29) is 30.5 Å². The van der Waals surface area contributed by atoms with Crippen molar-refractivity contribution in [3.05, 3.63) is 65.2 Å². The number of alkyl halides is 3. The summed E-state index contributed by atoms with van der Waals surface area (Å²) in [6.07, 6.45) is -3.31. The van der Waals surface area contributed by atoms with Gasteiger partial charge in [0.05, 0.1) is 23.8 Å². The summed E-state index contributed by atoms with van der Waals surface area (Å²) in [6.45, 7) is 2.21. The van der Waals surface area contributed by atoms with Crippen LogP contribution in [-0.2, 0) is 22.3 Å². The molecule has 2 aromatic rings. The van der Waals surface area contributed by atoms with Gasteiger partial charge in [-0.3, -0.25) is 4.79 Å². The van der Waals surface area contributed by atoms with Crippen molar-refractivity contribution < 1.29 is 27.8 Å². The van der Waals surface area contributed by atoms with Crippen molar-refractivity contribution in [1.82, 2.24) is 4.90 Å². The Kier molecular flexibility index (Phi) is 7.33. The minimum absolute atomic E-state index is 0.0410. The van der Waals surface area contributed by atoms with Crippen molar-refractivity contribution in [2.75, 3.05) is 44.3 Å². The molecule has 9 heteroatoms. The number of nitrogens with zero attached hydrogens (tertiary/aromatic N) is 3. The number of hydrogen-bond donors (Lipinski definition) is 1. The molecule has 0 aromatic heterocycles. The van der Waals surface area contributed by atoms with Crippen molar-refractivity contribution >= 4 is 11.6 Å². The molecule has 2 aliphatic rings. The van der Waals surface area contributed by atoms with Crippen LogP contribution < -0.4 is 4.90 Å². The van der Waals surface area contributed by atoms with Crippen LogP contribution in [0, 0.1) is 22.7 Å². The summed E-state index contributed by atoms with van der Waals surface area (Å²) in [4.78, 5) is 16.4. The van der Waals surface area contributed by atoms with Gasteiger partial charge in [0, 0.05) is 44.4 Å². The van der Waals surface area contributed by atoms with Crippen LogP contribution in [0.3, 0.4) is 0 Å². The van der Waals surface area contributed by atoms with E-state index in [0.29, 0.717) is 51.3 Å². The van der Waals surface area contributed by atoms with Crippen LogP contribution in [0.2, 0.25) is 0 Å². The maximum Gasteiger partial charge on any atom is 0.417 e. The predicted molar refractivity (Wildman–Crippen MR) is 123 cm³/mol. The predicted octanol–water partition coefficient (Wildman–Crippen LogP) is 3.83.